The van der Waals surface area contributed by atoms with Crippen LogP contribution in [0.25, 0.3) is 10.4 Å². The number of fused-ring (bicyclic) bond motifs is 1. The number of halogens is 4. The highest BCUT2D eigenvalue weighted by atomic mass is 35.5. The van der Waals surface area contributed by atoms with Gasteiger partial charge in [-0.25, -0.2) is 0 Å². The van der Waals surface area contributed by atoms with Crippen LogP contribution in [0.15, 0.2) is 23.2 Å². The smallest absolute Gasteiger partial charge is 0.343 e. The van der Waals surface area contributed by atoms with E-state index in [0.29, 0.717) is 5.56 Å². The molecule has 0 saturated heterocycles. The monoisotopic (exact) mass is 345 g/mol. The van der Waals surface area contributed by atoms with Crippen LogP contribution in [0.5, 0.6) is 0 Å². The van der Waals surface area contributed by atoms with Crippen LogP contribution >= 0.6 is 22.9 Å². The van der Waals surface area contributed by atoms with E-state index < -0.39 is 18.0 Å². The summed E-state index contributed by atoms with van der Waals surface area (Å²) >= 11 is 7.01. The lowest BCUT2D eigenvalue weighted by atomic mass is 10.0. The maximum atomic E-state index is 13.0. The summed E-state index contributed by atoms with van der Waals surface area (Å²) in [5.41, 5.74) is 7.02. The van der Waals surface area contributed by atoms with Gasteiger partial charge in [0.25, 0.3) is 0 Å². The molecule has 0 bridgehead atoms. The number of nitrogens with two attached hydrogens (primary N) is 1. The standard InChI is InChI=1S/C14H11ClF3N3S/c1-6-8-5-20-13(19)21-12(8)22-11(6)7-2-3-10(15)9(4-7)14(16,17)18/h2-5,13,21H,19H2,1H3. The van der Waals surface area contributed by atoms with Crippen LogP contribution in [0.2, 0.25) is 5.02 Å². The molecule has 22 heavy (non-hydrogen) atoms. The van der Waals surface area contributed by atoms with Gasteiger partial charge in [-0.05, 0) is 30.2 Å². The lowest BCUT2D eigenvalue weighted by Crippen LogP contribution is -2.29. The number of thiophene rings is 1. The van der Waals surface area contributed by atoms with Crippen LogP contribution in [0.1, 0.15) is 16.7 Å². The lowest BCUT2D eigenvalue weighted by molar-refractivity contribution is -0.137. The zero-order valence-electron chi connectivity index (χ0n) is 11.3. The number of anilines is 1. The molecule has 0 fully saturated rings. The van der Waals surface area contributed by atoms with E-state index >= 15 is 0 Å². The Bertz CT molecular complexity index is 767. The molecule has 1 aliphatic heterocycles. The van der Waals surface area contributed by atoms with Crippen molar-refractivity contribution in [2.24, 2.45) is 10.7 Å². The van der Waals surface area contributed by atoms with E-state index in [0.717, 1.165) is 27.1 Å². The number of hydrogen-bond acceptors (Lipinski definition) is 4. The third-order valence-electron chi connectivity index (χ3n) is 3.37. The summed E-state index contributed by atoms with van der Waals surface area (Å²) in [6.45, 7) is 1.84. The first-order valence-electron chi connectivity index (χ1n) is 6.33. The predicted molar refractivity (Wildman–Crippen MR) is 83.7 cm³/mol. The van der Waals surface area contributed by atoms with E-state index in [2.05, 4.69) is 10.3 Å². The quantitative estimate of drug-likeness (QED) is 0.800. The first-order valence-corrected chi connectivity index (χ1v) is 7.52. The summed E-state index contributed by atoms with van der Waals surface area (Å²) in [6.07, 6.45) is -3.37. The number of aliphatic imine (C=N–C) groups is 1. The molecule has 3 N–H and O–H groups in total. The lowest BCUT2D eigenvalue weighted by Gasteiger charge is -2.14. The maximum absolute atomic E-state index is 13.0. The number of benzene rings is 1. The maximum Gasteiger partial charge on any atom is 0.417 e. The van der Waals surface area contributed by atoms with Gasteiger partial charge < -0.3 is 5.32 Å². The second-order valence-corrected chi connectivity index (χ2v) is 6.29. The molecular weight excluding hydrogens is 335 g/mol. The van der Waals surface area contributed by atoms with E-state index in [-0.39, 0.29) is 5.02 Å². The Kier molecular flexibility index (Phi) is 3.66. The number of alkyl halides is 3. The molecule has 0 amide bonds. The van der Waals surface area contributed by atoms with Crippen molar-refractivity contribution in [3.05, 3.63) is 39.9 Å². The van der Waals surface area contributed by atoms with Crippen molar-refractivity contribution in [3.8, 4) is 10.4 Å². The van der Waals surface area contributed by atoms with E-state index in [1.807, 2.05) is 6.92 Å². The zero-order chi connectivity index (χ0) is 16.1. The van der Waals surface area contributed by atoms with Gasteiger partial charge in [-0.3, -0.25) is 10.7 Å². The van der Waals surface area contributed by atoms with Crippen LogP contribution in [0.3, 0.4) is 0 Å². The van der Waals surface area contributed by atoms with Gasteiger partial charge in [0, 0.05) is 16.7 Å². The topological polar surface area (TPSA) is 50.4 Å². The van der Waals surface area contributed by atoms with Crippen molar-refractivity contribution >= 4 is 34.2 Å². The molecule has 1 unspecified atom stereocenters. The van der Waals surface area contributed by atoms with E-state index in [4.69, 9.17) is 17.3 Å². The van der Waals surface area contributed by atoms with E-state index in [9.17, 15) is 13.2 Å². The Labute approximate surface area is 133 Å². The average molecular weight is 346 g/mol. The number of nitrogens with zero attached hydrogens (tertiary/aromatic N) is 1. The van der Waals surface area contributed by atoms with E-state index in [1.165, 1.54) is 17.4 Å². The number of nitrogens with one attached hydrogen (secondary N) is 1. The molecule has 0 radical (unpaired) electrons. The highest BCUT2D eigenvalue weighted by Crippen LogP contribution is 2.43. The van der Waals surface area contributed by atoms with Gasteiger partial charge in [-0.15, -0.1) is 11.3 Å². The van der Waals surface area contributed by atoms with Crippen molar-refractivity contribution in [2.75, 3.05) is 5.32 Å². The Morgan fingerprint density at radius 2 is 2.09 bits per heavy atom. The van der Waals surface area contributed by atoms with Crippen molar-refractivity contribution in [1.29, 1.82) is 0 Å². The van der Waals surface area contributed by atoms with Crippen molar-refractivity contribution in [3.63, 3.8) is 0 Å². The van der Waals surface area contributed by atoms with Gasteiger partial charge in [0.2, 0.25) is 0 Å². The van der Waals surface area contributed by atoms with Gasteiger partial charge in [0.05, 0.1) is 10.6 Å². The number of hydrogen-bond donors (Lipinski definition) is 2. The molecule has 1 aromatic carbocycles. The van der Waals surface area contributed by atoms with Crippen LogP contribution < -0.4 is 11.1 Å². The summed E-state index contributed by atoms with van der Waals surface area (Å²) in [5.74, 6) is 0. The molecule has 2 heterocycles. The Balaban J connectivity index is 2.12. The Morgan fingerprint density at radius 3 is 2.77 bits per heavy atom. The molecule has 8 heteroatoms. The molecule has 3 nitrogen and oxygen atoms in total. The molecule has 116 valence electrons. The number of rotatable bonds is 1. The summed E-state index contributed by atoms with van der Waals surface area (Å²) in [5, 5.41) is 3.49. The minimum Gasteiger partial charge on any atom is -0.343 e. The first kappa shape index (κ1) is 15.3. The fraction of sp³-hybridized carbons (Fsp3) is 0.214. The highest BCUT2D eigenvalue weighted by Gasteiger charge is 2.33. The molecule has 0 saturated carbocycles. The summed E-state index contributed by atoms with van der Waals surface area (Å²) < 4.78 is 39.0. The second-order valence-electron chi connectivity index (χ2n) is 4.86. The van der Waals surface area contributed by atoms with Gasteiger partial charge in [0.1, 0.15) is 5.00 Å². The molecule has 2 aromatic rings. The fourth-order valence-electron chi connectivity index (χ4n) is 2.27. The van der Waals surface area contributed by atoms with E-state index in [1.54, 1.807) is 12.3 Å². The van der Waals surface area contributed by atoms with Gasteiger partial charge >= 0.3 is 6.18 Å². The molecule has 3 rings (SSSR count). The highest BCUT2D eigenvalue weighted by molar-refractivity contribution is 7.20. The normalized spacial score (nSPS) is 17.3. The SMILES string of the molecule is Cc1c(-c2ccc(Cl)c(C(F)(F)F)c2)sc2c1C=NC(N)N2. The second kappa shape index (κ2) is 5.26. The van der Waals surface area contributed by atoms with Gasteiger partial charge in [0.15, 0.2) is 6.29 Å². The molecule has 0 aliphatic carbocycles. The molecular formula is C14H11ClF3N3S. The summed E-state index contributed by atoms with van der Waals surface area (Å²) in [4.78, 5) is 4.79. The third-order valence-corrected chi connectivity index (χ3v) is 4.99. The van der Waals surface area contributed by atoms with Gasteiger partial charge in [-0.2, -0.15) is 13.2 Å². The van der Waals surface area contributed by atoms with Crippen molar-refractivity contribution in [1.82, 2.24) is 0 Å². The summed E-state index contributed by atoms with van der Waals surface area (Å²) in [7, 11) is 0. The Morgan fingerprint density at radius 1 is 1.36 bits per heavy atom. The van der Waals surface area contributed by atoms with Crippen LogP contribution in [-0.4, -0.2) is 12.5 Å². The zero-order valence-corrected chi connectivity index (χ0v) is 12.9. The van der Waals surface area contributed by atoms with Crippen molar-refractivity contribution < 1.29 is 13.2 Å². The fourth-order valence-corrected chi connectivity index (χ4v) is 3.71. The first-order chi connectivity index (χ1) is 10.3. The average Bonchev–Trinajstić information content (AvgIpc) is 2.74. The Hall–Kier alpha value is -1.57. The van der Waals surface area contributed by atoms with Crippen LogP contribution in [0.4, 0.5) is 18.2 Å². The molecule has 1 aliphatic rings. The van der Waals surface area contributed by atoms with Gasteiger partial charge in [-0.1, -0.05) is 17.7 Å². The minimum absolute atomic E-state index is 0.308. The molecule has 0 spiro atoms. The largest absolute Gasteiger partial charge is 0.417 e. The molecule has 1 aromatic heterocycles. The van der Waals surface area contributed by atoms with Crippen LogP contribution in [-0.2, 0) is 6.18 Å². The van der Waals surface area contributed by atoms with Crippen LogP contribution in [0, 0.1) is 6.92 Å². The van der Waals surface area contributed by atoms with Crippen molar-refractivity contribution in [2.45, 2.75) is 19.4 Å². The third kappa shape index (κ3) is 2.60. The summed E-state index contributed by atoms with van der Waals surface area (Å²) in [6, 6.07) is 3.92. The predicted octanol–water partition coefficient (Wildman–Crippen LogP) is 4.48. The minimum atomic E-state index is -4.49. The molecule has 1 atom stereocenters.